The van der Waals surface area contributed by atoms with Gasteiger partial charge in [-0.1, -0.05) is 152 Å². The standard InChI is InChI=1S/C57H42N6/c1-38(39-16-5-2-6-17-39)60-57(40-18-7-3-8-19-40)61-56(58)44-21-15-20-41(34-44)43-28-31-49-47-24-11-14-27-52(47)63(54(49)36-43)55-33-30-45(37-59-55)42-29-32-53-50(35-42)48-25-12-13-26-51(48)62(53)46-22-9-4-10-23-46/h2-37,57H,1H3,(H2,58,61)/b60-38+. The number of hydrogen-bond donors (Lipinski definition) is 2. The zero-order valence-corrected chi connectivity index (χ0v) is 34.7. The zero-order valence-electron chi connectivity index (χ0n) is 34.7. The van der Waals surface area contributed by atoms with Crippen LogP contribution in [-0.4, -0.2) is 25.7 Å². The quantitative estimate of drug-likeness (QED) is 0.113. The highest BCUT2D eigenvalue weighted by Gasteiger charge is 2.18. The molecule has 0 fully saturated rings. The molecule has 11 rings (SSSR count). The van der Waals surface area contributed by atoms with Gasteiger partial charge in [-0.05, 0) is 95.4 Å². The third-order valence-electron chi connectivity index (χ3n) is 12.1. The second-order valence-corrected chi connectivity index (χ2v) is 15.9. The van der Waals surface area contributed by atoms with E-state index in [4.69, 9.17) is 9.98 Å². The van der Waals surface area contributed by atoms with Crippen molar-refractivity contribution in [1.82, 2.24) is 19.4 Å². The lowest BCUT2D eigenvalue weighted by Gasteiger charge is -2.19. The molecule has 0 radical (unpaired) electrons. The van der Waals surface area contributed by atoms with E-state index in [9.17, 15) is 5.41 Å². The maximum Gasteiger partial charge on any atom is 0.146 e. The molecule has 0 aliphatic heterocycles. The van der Waals surface area contributed by atoms with Crippen molar-refractivity contribution in [2.24, 2.45) is 4.99 Å². The predicted octanol–water partition coefficient (Wildman–Crippen LogP) is 13.7. The number of fused-ring (bicyclic) bond motifs is 6. The molecule has 1 atom stereocenters. The van der Waals surface area contributed by atoms with Gasteiger partial charge in [-0.3, -0.25) is 15.0 Å². The highest BCUT2D eigenvalue weighted by Crippen LogP contribution is 2.37. The topological polar surface area (TPSA) is 71.0 Å². The summed E-state index contributed by atoms with van der Waals surface area (Å²) in [6.07, 6.45) is 1.56. The maximum absolute atomic E-state index is 9.27. The van der Waals surface area contributed by atoms with Crippen molar-refractivity contribution in [2.45, 2.75) is 13.1 Å². The molecule has 63 heavy (non-hydrogen) atoms. The van der Waals surface area contributed by atoms with E-state index in [1.54, 1.807) is 0 Å². The molecule has 11 aromatic rings. The molecule has 0 saturated carbocycles. The van der Waals surface area contributed by atoms with Gasteiger partial charge in [0.1, 0.15) is 17.8 Å². The smallest absolute Gasteiger partial charge is 0.146 e. The summed E-state index contributed by atoms with van der Waals surface area (Å²) in [5.41, 5.74) is 13.6. The Morgan fingerprint density at radius 1 is 0.476 bits per heavy atom. The summed E-state index contributed by atoms with van der Waals surface area (Å²) >= 11 is 0. The summed E-state index contributed by atoms with van der Waals surface area (Å²) in [7, 11) is 0. The minimum Gasteiger partial charge on any atom is -0.345 e. The Kier molecular flexibility index (Phi) is 9.51. The van der Waals surface area contributed by atoms with Crippen molar-refractivity contribution in [3.63, 3.8) is 0 Å². The summed E-state index contributed by atoms with van der Waals surface area (Å²) in [4.78, 5) is 10.2. The summed E-state index contributed by atoms with van der Waals surface area (Å²) in [5.74, 6) is 1.15. The number of nitrogens with zero attached hydrogens (tertiary/aromatic N) is 4. The second kappa shape index (κ2) is 15.9. The highest BCUT2D eigenvalue weighted by molar-refractivity contribution is 6.11. The van der Waals surface area contributed by atoms with E-state index in [2.05, 4.69) is 166 Å². The zero-order chi connectivity index (χ0) is 42.3. The number of nitrogens with one attached hydrogen (secondary N) is 2. The van der Waals surface area contributed by atoms with Crippen LogP contribution in [0.25, 0.3) is 77.4 Å². The van der Waals surface area contributed by atoms with Crippen molar-refractivity contribution in [1.29, 1.82) is 5.41 Å². The van der Waals surface area contributed by atoms with Crippen molar-refractivity contribution in [3.05, 3.63) is 235 Å². The first-order chi connectivity index (χ1) is 31.1. The number of hydrogen-bond acceptors (Lipinski definition) is 3. The van der Waals surface area contributed by atoms with Crippen LogP contribution in [-0.2, 0) is 0 Å². The van der Waals surface area contributed by atoms with E-state index in [0.29, 0.717) is 5.84 Å². The third-order valence-corrected chi connectivity index (χ3v) is 12.1. The predicted molar refractivity (Wildman–Crippen MR) is 262 cm³/mol. The van der Waals surface area contributed by atoms with Crippen molar-refractivity contribution < 1.29 is 0 Å². The molecule has 0 bridgehead atoms. The molecule has 0 aliphatic carbocycles. The van der Waals surface area contributed by atoms with Crippen LogP contribution < -0.4 is 5.32 Å². The Morgan fingerprint density at radius 3 is 1.79 bits per heavy atom. The molecule has 1 unspecified atom stereocenters. The summed E-state index contributed by atoms with van der Waals surface area (Å²) in [5, 5.41) is 17.5. The molecular weight excluding hydrogens is 769 g/mol. The number of aliphatic imine (C=N–C) groups is 1. The van der Waals surface area contributed by atoms with Gasteiger partial charge in [0.05, 0.1) is 22.1 Å². The lowest BCUT2D eigenvalue weighted by molar-refractivity contribution is 0.682. The third kappa shape index (κ3) is 6.94. The molecule has 0 aliphatic rings. The van der Waals surface area contributed by atoms with Gasteiger partial charge in [0.2, 0.25) is 0 Å². The Bertz CT molecular complexity index is 3490. The van der Waals surface area contributed by atoms with Gasteiger partial charge in [0.15, 0.2) is 0 Å². The average molecular weight is 811 g/mol. The lowest BCUT2D eigenvalue weighted by Crippen LogP contribution is -2.28. The normalized spacial score (nSPS) is 12.3. The van der Waals surface area contributed by atoms with E-state index >= 15 is 0 Å². The first-order valence-electron chi connectivity index (χ1n) is 21.3. The Morgan fingerprint density at radius 2 is 1.05 bits per heavy atom. The van der Waals surface area contributed by atoms with Crippen LogP contribution in [0.4, 0.5) is 0 Å². The van der Waals surface area contributed by atoms with E-state index in [1.165, 1.54) is 27.2 Å². The Balaban J connectivity index is 0.932. The Labute approximate surface area is 365 Å². The average Bonchev–Trinajstić information content (AvgIpc) is 3.87. The largest absolute Gasteiger partial charge is 0.345 e. The number of benzene rings is 8. The van der Waals surface area contributed by atoms with Gasteiger partial charge in [-0.25, -0.2) is 4.98 Å². The molecule has 6 nitrogen and oxygen atoms in total. The fraction of sp³-hybridized carbons (Fsp3) is 0.0351. The van der Waals surface area contributed by atoms with Crippen LogP contribution in [0.3, 0.4) is 0 Å². The minimum atomic E-state index is -0.432. The molecule has 2 N–H and O–H groups in total. The maximum atomic E-state index is 9.27. The van der Waals surface area contributed by atoms with Crippen LogP contribution in [0.5, 0.6) is 0 Å². The summed E-state index contributed by atoms with van der Waals surface area (Å²) in [6.45, 7) is 2.02. The van der Waals surface area contributed by atoms with Crippen LogP contribution in [0.15, 0.2) is 224 Å². The van der Waals surface area contributed by atoms with Crippen molar-refractivity contribution in [3.8, 4) is 33.8 Å². The SMILES string of the molecule is C/C(=N\C(NC(=N)c1cccc(-c2ccc3c4ccccc4n(-c4ccc(-c5ccc6c(c5)c5ccccc5n6-c5ccccc5)cn4)c3c2)c1)c1ccccc1)c1ccccc1. The minimum absolute atomic E-state index is 0.302. The molecule has 0 saturated heterocycles. The molecule has 0 amide bonds. The van der Waals surface area contributed by atoms with Crippen LogP contribution in [0, 0.1) is 5.41 Å². The Hall–Kier alpha value is -8.35. The number of amidine groups is 1. The highest BCUT2D eigenvalue weighted by atomic mass is 15.1. The summed E-state index contributed by atoms with van der Waals surface area (Å²) < 4.78 is 4.61. The molecule has 3 heterocycles. The molecule has 300 valence electrons. The van der Waals surface area contributed by atoms with Crippen molar-refractivity contribution >= 4 is 55.2 Å². The van der Waals surface area contributed by atoms with E-state index in [-0.39, 0.29) is 0 Å². The first-order valence-corrected chi connectivity index (χ1v) is 21.3. The molecular formula is C57H42N6. The van der Waals surface area contributed by atoms with Gasteiger partial charge >= 0.3 is 0 Å². The fourth-order valence-corrected chi connectivity index (χ4v) is 8.94. The van der Waals surface area contributed by atoms with E-state index in [0.717, 1.165) is 72.6 Å². The molecule has 8 aromatic carbocycles. The van der Waals surface area contributed by atoms with Gasteiger partial charge in [0.25, 0.3) is 0 Å². The van der Waals surface area contributed by atoms with Crippen LogP contribution in [0.1, 0.15) is 29.8 Å². The van der Waals surface area contributed by atoms with E-state index < -0.39 is 6.17 Å². The monoisotopic (exact) mass is 810 g/mol. The van der Waals surface area contributed by atoms with Crippen LogP contribution in [0.2, 0.25) is 0 Å². The molecule has 3 aromatic heterocycles. The number of aromatic nitrogens is 3. The molecule has 0 spiro atoms. The van der Waals surface area contributed by atoms with Gasteiger partial charge < -0.3 is 9.88 Å². The van der Waals surface area contributed by atoms with Gasteiger partial charge in [-0.2, -0.15) is 0 Å². The van der Waals surface area contributed by atoms with Gasteiger partial charge in [-0.15, -0.1) is 0 Å². The lowest BCUT2D eigenvalue weighted by atomic mass is 10.0. The first kappa shape index (κ1) is 37.6. The van der Waals surface area contributed by atoms with Gasteiger partial charge in [0, 0.05) is 50.3 Å². The fourth-order valence-electron chi connectivity index (χ4n) is 8.94. The second-order valence-electron chi connectivity index (χ2n) is 15.9. The number of rotatable bonds is 9. The number of para-hydroxylation sites is 3. The van der Waals surface area contributed by atoms with E-state index in [1.807, 2.05) is 73.8 Å². The van der Waals surface area contributed by atoms with Crippen molar-refractivity contribution in [2.75, 3.05) is 0 Å². The summed E-state index contributed by atoms with van der Waals surface area (Å²) in [6, 6.07) is 73.9. The van der Waals surface area contributed by atoms with Crippen LogP contribution >= 0.6 is 0 Å². The molecule has 6 heteroatoms. The number of pyridine rings is 1.